The van der Waals surface area contributed by atoms with Crippen molar-refractivity contribution in [3.63, 3.8) is 0 Å². The van der Waals surface area contributed by atoms with E-state index in [1.807, 2.05) is 24.4 Å². The Bertz CT molecular complexity index is 771. The van der Waals surface area contributed by atoms with Gasteiger partial charge in [0.2, 0.25) is 0 Å². The molecule has 5 heteroatoms. The molecule has 0 aliphatic carbocycles. The highest BCUT2D eigenvalue weighted by Crippen LogP contribution is 2.15. The van der Waals surface area contributed by atoms with E-state index in [4.69, 9.17) is 0 Å². The number of halogens is 1. The van der Waals surface area contributed by atoms with Crippen molar-refractivity contribution in [2.45, 2.75) is 13.1 Å². The first-order valence-electron chi connectivity index (χ1n) is 8.38. The van der Waals surface area contributed by atoms with Gasteiger partial charge in [-0.25, -0.2) is 9.37 Å². The zero-order valence-electron chi connectivity index (χ0n) is 13.6. The Morgan fingerprint density at radius 1 is 0.958 bits per heavy atom. The molecule has 0 radical (unpaired) electrons. The highest BCUT2D eigenvalue weighted by atomic mass is 19.1. The summed E-state index contributed by atoms with van der Waals surface area (Å²) >= 11 is 0. The molecule has 24 heavy (non-hydrogen) atoms. The number of fused-ring (bicyclic) bond motifs is 1. The van der Waals surface area contributed by atoms with Gasteiger partial charge in [0.15, 0.2) is 0 Å². The number of aromatic amines is 1. The van der Waals surface area contributed by atoms with Crippen LogP contribution >= 0.6 is 0 Å². The van der Waals surface area contributed by atoms with Gasteiger partial charge in [-0.15, -0.1) is 0 Å². The maximum Gasteiger partial charge on any atom is 0.137 e. The highest BCUT2D eigenvalue weighted by molar-refractivity contribution is 5.76. The third-order valence-corrected chi connectivity index (χ3v) is 4.63. The molecule has 4 rings (SSSR count). The normalized spacial score (nSPS) is 16.7. The number of nitrogens with zero attached hydrogens (tertiary/aromatic N) is 3. The van der Waals surface area contributed by atoms with E-state index in [-0.39, 0.29) is 5.82 Å². The van der Waals surface area contributed by atoms with Crippen LogP contribution in [0.25, 0.3) is 11.0 Å². The van der Waals surface area contributed by atoms with Crippen LogP contribution in [0.5, 0.6) is 0 Å². The van der Waals surface area contributed by atoms with Crippen molar-refractivity contribution >= 4 is 11.0 Å². The molecule has 0 saturated carbocycles. The van der Waals surface area contributed by atoms with Gasteiger partial charge in [0.1, 0.15) is 11.5 Å². The number of benzene rings is 1. The topological polar surface area (TPSA) is 35.2 Å². The maximum absolute atomic E-state index is 13.0. The Balaban J connectivity index is 1.31. The van der Waals surface area contributed by atoms with Gasteiger partial charge in [0, 0.05) is 56.5 Å². The highest BCUT2D eigenvalue weighted by Gasteiger charge is 2.17. The van der Waals surface area contributed by atoms with Crippen LogP contribution in [-0.4, -0.2) is 45.9 Å². The minimum Gasteiger partial charge on any atom is -0.342 e. The smallest absolute Gasteiger partial charge is 0.137 e. The van der Waals surface area contributed by atoms with Crippen molar-refractivity contribution in [1.82, 2.24) is 19.8 Å². The lowest BCUT2D eigenvalue weighted by atomic mass is 10.2. The van der Waals surface area contributed by atoms with Crippen LogP contribution in [-0.2, 0) is 13.1 Å². The average Bonchev–Trinajstić information content (AvgIpc) is 3.01. The maximum atomic E-state index is 13.0. The molecule has 1 N–H and O–H groups in total. The summed E-state index contributed by atoms with van der Waals surface area (Å²) in [5.41, 5.74) is 3.35. The number of rotatable bonds is 4. The summed E-state index contributed by atoms with van der Waals surface area (Å²) in [6, 6.07) is 13.1. The van der Waals surface area contributed by atoms with Crippen LogP contribution < -0.4 is 0 Å². The molecule has 0 bridgehead atoms. The van der Waals surface area contributed by atoms with Gasteiger partial charge < -0.3 is 4.98 Å². The van der Waals surface area contributed by atoms with E-state index in [9.17, 15) is 4.39 Å². The molecule has 0 spiro atoms. The third kappa shape index (κ3) is 3.47. The van der Waals surface area contributed by atoms with Crippen molar-refractivity contribution < 1.29 is 4.39 Å². The van der Waals surface area contributed by atoms with Crippen molar-refractivity contribution in [2.75, 3.05) is 26.2 Å². The molecule has 1 aliphatic rings. The molecule has 1 aliphatic heterocycles. The van der Waals surface area contributed by atoms with Gasteiger partial charge in [-0.2, -0.15) is 0 Å². The minimum atomic E-state index is -0.170. The van der Waals surface area contributed by atoms with Gasteiger partial charge in [-0.3, -0.25) is 9.80 Å². The number of pyridine rings is 1. The fourth-order valence-corrected chi connectivity index (χ4v) is 3.29. The van der Waals surface area contributed by atoms with Gasteiger partial charge in [0.25, 0.3) is 0 Å². The standard InChI is InChI=1S/C19H21FN4/c20-17-5-3-15(4-6-17)13-23-8-10-24(11-9-23)14-18-12-16-2-1-7-21-19(16)22-18/h1-7,12H,8-11,13-14H2,(H,21,22). The van der Waals surface area contributed by atoms with Gasteiger partial charge in [0.05, 0.1) is 0 Å². The van der Waals surface area contributed by atoms with Gasteiger partial charge in [-0.05, 0) is 35.9 Å². The molecule has 3 heterocycles. The predicted octanol–water partition coefficient (Wildman–Crippen LogP) is 3.02. The third-order valence-electron chi connectivity index (χ3n) is 4.63. The fourth-order valence-electron chi connectivity index (χ4n) is 3.29. The molecular weight excluding hydrogens is 303 g/mol. The summed E-state index contributed by atoms with van der Waals surface area (Å²) in [7, 11) is 0. The Morgan fingerprint density at radius 2 is 1.67 bits per heavy atom. The van der Waals surface area contributed by atoms with Crippen LogP contribution in [0.2, 0.25) is 0 Å². The number of piperazine rings is 1. The lowest BCUT2D eigenvalue weighted by Gasteiger charge is -2.34. The number of hydrogen-bond donors (Lipinski definition) is 1. The SMILES string of the molecule is Fc1ccc(CN2CCN(Cc3cc4cccnc4[nH]3)CC2)cc1. The predicted molar refractivity (Wildman–Crippen MR) is 93.0 cm³/mol. The van der Waals surface area contributed by atoms with Crippen molar-refractivity contribution in [1.29, 1.82) is 0 Å². The number of H-pyrrole nitrogens is 1. The minimum absolute atomic E-state index is 0.170. The van der Waals surface area contributed by atoms with Crippen molar-refractivity contribution in [3.05, 3.63) is 65.7 Å². The van der Waals surface area contributed by atoms with E-state index in [1.54, 1.807) is 0 Å². The second-order valence-corrected chi connectivity index (χ2v) is 6.41. The van der Waals surface area contributed by atoms with E-state index in [0.717, 1.165) is 44.9 Å². The van der Waals surface area contributed by atoms with Gasteiger partial charge in [-0.1, -0.05) is 12.1 Å². The van der Waals surface area contributed by atoms with Crippen molar-refractivity contribution in [3.8, 4) is 0 Å². The van der Waals surface area contributed by atoms with Crippen LogP contribution in [0.1, 0.15) is 11.3 Å². The molecule has 1 aromatic carbocycles. The molecule has 4 nitrogen and oxygen atoms in total. The zero-order chi connectivity index (χ0) is 16.4. The zero-order valence-corrected chi connectivity index (χ0v) is 13.6. The first kappa shape index (κ1) is 15.3. The molecule has 0 unspecified atom stereocenters. The van der Waals surface area contributed by atoms with Gasteiger partial charge >= 0.3 is 0 Å². The first-order chi connectivity index (χ1) is 11.8. The summed E-state index contributed by atoms with van der Waals surface area (Å²) in [6.45, 7) is 5.99. The van der Waals surface area contributed by atoms with E-state index in [1.165, 1.54) is 28.8 Å². The van der Waals surface area contributed by atoms with Crippen molar-refractivity contribution in [2.24, 2.45) is 0 Å². The molecule has 1 fully saturated rings. The second kappa shape index (κ2) is 6.71. The lowest BCUT2D eigenvalue weighted by molar-refractivity contribution is 0.121. The quantitative estimate of drug-likeness (QED) is 0.801. The number of nitrogens with one attached hydrogen (secondary N) is 1. The van der Waals surface area contributed by atoms with E-state index in [0.29, 0.717) is 0 Å². The molecule has 124 valence electrons. The summed E-state index contributed by atoms with van der Waals surface area (Å²) in [5, 5.41) is 1.17. The summed E-state index contributed by atoms with van der Waals surface area (Å²) in [6.07, 6.45) is 1.82. The van der Waals surface area contributed by atoms with Crippen LogP contribution in [0, 0.1) is 5.82 Å². The molecular formula is C19H21FN4. The first-order valence-corrected chi connectivity index (χ1v) is 8.38. The van der Waals surface area contributed by atoms with Crippen LogP contribution in [0.3, 0.4) is 0 Å². The summed E-state index contributed by atoms with van der Waals surface area (Å²) in [4.78, 5) is 12.6. The van der Waals surface area contributed by atoms with E-state index < -0.39 is 0 Å². The Morgan fingerprint density at radius 3 is 2.38 bits per heavy atom. The molecule has 2 aromatic heterocycles. The lowest BCUT2D eigenvalue weighted by Crippen LogP contribution is -2.45. The summed E-state index contributed by atoms with van der Waals surface area (Å²) < 4.78 is 13.0. The molecule has 3 aromatic rings. The monoisotopic (exact) mass is 324 g/mol. The number of aromatic nitrogens is 2. The second-order valence-electron chi connectivity index (χ2n) is 6.41. The average molecular weight is 324 g/mol. The Labute approximate surface area is 140 Å². The van der Waals surface area contributed by atoms with E-state index >= 15 is 0 Å². The summed E-state index contributed by atoms with van der Waals surface area (Å²) in [5.74, 6) is -0.170. The van der Waals surface area contributed by atoms with Crippen LogP contribution in [0.15, 0.2) is 48.7 Å². The largest absolute Gasteiger partial charge is 0.342 e. The molecule has 0 amide bonds. The Hall–Kier alpha value is -2.24. The molecule has 0 atom stereocenters. The van der Waals surface area contributed by atoms with E-state index in [2.05, 4.69) is 31.9 Å². The Kier molecular flexibility index (Phi) is 4.28. The fraction of sp³-hybridized carbons (Fsp3) is 0.316. The van der Waals surface area contributed by atoms with Crippen LogP contribution in [0.4, 0.5) is 4.39 Å². The number of hydrogen-bond acceptors (Lipinski definition) is 3. The molecule has 1 saturated heterocycles.